The second-order valence-corrected chi connectivity index (χ2v) is 6.04. The van der Waals surface area contributed by atoms with Crippen LogP contribution in [0.5, 0.6) is 0 Å². The number of nitrogens with two attached hydrogens (primary N) is 1. The van der Waals surface area contributed by atoms with Gasteiger partial charge in [0.2, 0.25) is 0 Å². The Labute approximate surface area is 113 Å². The van der Waals surface area contributed by atoms with Gasteiger partial charge in [-0.3, -0.25) is 4.98 Å². The molecule has 1 saturated carbocycles. The summed E-state index contributed by atoms with van der Waals surface area (Å²) in [5.41, 5.74) is 10.3. The van der Waals surface area contributed by atoms with E-state index in [2.05, 4.69) is 28.9 Å². The first-order chi connectivity index (χ1) is 9.20. The number of hydrogen-bond donors (Lipinski definition) is 1. The summed E-state index contributed by atoms with van der Waals surface area (Å²) < 4.78 is 0. The highest BCUT2D eigenvalue weighted by Crippen LogP contribution is 2.42. The van der Waals surface area contributed by atoms with E-state index in [4.69, 9.17) is 5.73 Å². The van der Waals surface area contributed by atoms with E-state index in [1.807, 2.05) is 12.1 Å². The van der Waals surface area contributed by atoms with E-state index in [0.29, 0.717) is 0 Å². The number of aromatic nitrogens is 1. The summed E-state index contributed by atoms with van der Waals surface area (Å²) in [6, 6.07) is 9.01. The van der Waals surface area contributed by atoms with Crippen molar-refractivity contribution in [1.29, 1.82) is 0 Å². The molecule has 2 unspecified atom stereocenters. The van der Waals surface area contributed by atoms with Gasteiger partial charge in [0.15, 0.2) is 0 Å². The van der Waals surface area contributed by atoms with Crippen molar-refractivity contribution in [2.24, 2.45) is 5.92 Å². The third-order valence-electron chi connectivity index (χ3n) is 4.66. The minimum atomic E-state index is 0.733. The van der Waals surface area contributed by atoms with Crippen LogP contribution in [0.2, 0.25) is 0 Å². The summed E-state index contributed by atoms with van der Waals surface area (Å²) in [6.07, 6.45) is 4.12. The lowest BCUT2D eigenvalue weighted by Gasteiger charge is -2.30. The van der Waals surface area contributed by atoms with Gasteiger partial charge in [-0.15, -0.1) is 0 Å². The first kappa shape index (κ1) is 11.1. The molecule has 2 N–H and O–H groups in total. The zero-order valence-electron chi connectivity index (χ0n) is 11.3. The molecule has 2 aliphatic rings. The lowest BCUT2D eigenvalue weighted by atomic mass is 10.1. The van der Waals surface area contributed by atoms with E-state index < -0.39 is 0 Å². The molecule has 3 nitrogen and oxygen atoms in total. The van der Waals surface area contributed by atoms with Crippen LogP contribution in [-0.2, 0) is 0 Å². The van der Waals surface area contributed by atoms with Gasteiger partial charge in [0.05, 0.1) is 5.52 Å². The number of aryl methyl sites for hydroxylation is 1. The maximum Gasteiger partial charge on any atom is 0.0727 e. The van der Waals surface area contributed by atoms with E-state index in [-0.39, 0.29) is 0 Å². The van der Waals surface area contributed by atoms with E-state index in [1.54, 1.807) is 0 Å². The number of pyridine rings is 1. The van der Waals surface area contributed by atoms with Crippen LogP contribution in [0.3, 0.4) is 0 Å². The molecule has 2 atom stereocenters. The average molecular weight is 253 g/mol. The van der Waals surface area contributed by atoms with Crippen LogP contribution in [-0.4, -0.2) is 17.6 Å². The first-order valence-electron chi connectivity index (χ1n) is 7.14. The topological polar surface area (TPSA) is 42.1 Å². The lowest BCUT2D eigenvalue weighted by Crippen LogP contribution is -2.32. The molecule has 1 aromatic heterocycles. The van der Waals surface area contributed by atoms with Gasteiger partial charge in [0, 0.05) is 35.0 Å². The number of piperidine rings is 1. The van der Waals surface area contributed by atoms with Crippen LogP contribution in [0.1, 0.15) is 25.0 Å². The molecule has 98 valence electrons. The van der Waals surface area contributed by atoms with Crippen LogP contribution < -0.4 is 10.6 Å². The van der Waals surface area contributed by atoms with Gasteiger partial charge in [-0.2, -0.15) is 0 Å². The normalized spacial score (nSPS) is 25.4. The third kappa shape index (κ3) is 1.68. The monoisotopic (exact) mass is 253 g/mol. The van der Waals surface area contributed by atoms with E-state index >= 15 is 0 Å². The Morgan fingerprint density at radius 1 is 1.26 bits per heavy atom. The van der Waals surface area contributed by atoms with Crippen molar-refractivity contribution in [3.63, 3.8) is 0 Å². The molecule has 0 spiro atoms. The highest BCUT2D eigenvalue weighted by Gasteiger charge is 2.38. The molecular formula is C16H19N3. The quantitative estimate of drug-likeness (QED) is 0.794. The molecular weight excluding hydrogens is 234 g/mol. The largest absolute Gasteiger partial charge is 0.399 e. The van der Waals surface area contributed by atoms with Crippen molar-refractivity contribution in [3.8, 4) is 0 Å². The van der Waals surface area contributed by atoms with Crippen molar-refractivity contribution in [2.45, 2.75) is 32.2 Å². The summed E-state index contributed by atoms with van der Waals surface area (Å²) >= 11 is 0. The predicted molar refractivity (Wildman–Crippen MR) is 79.4 cm³/mol. The van der Waals surface area contributed by atoms with Gasteiger partial charge in [-0.25, -0.2) is 0 Å². The molecule has 0 radical (unpaired) electrons. The molecule has 1 aliphatic carbocycles. The summed E-state index contributed by atoms with van der Waals surface area (Å²) in [7, 11) is 0. The summed E-state index contributed by atoms with van der Waals surface area (Å²) in [6.45, 7) is 3.28. The van der Waals surface area contributed by atoms with Crippen LogP contribution >= 0.6 is 0 Å². The number of fused-ring (bicyclic) bond motifs is 3. The van der Waals surface area contributed by atoms with E-state index in [9.17, 15) is 0 Å². The van der Waals surface area contributed by atoms with Crippen LogP contribution in [0, 0.1) is 12.8 Å². The maximum atomic E-state index is 5.96. The second-order valence-electron chi connectivity index (χ2n) is 6.04. The smallest absolute Gasteiger partial charge is 0.0727 e. The van der Waals surface area contributed by atoms with Crippen LogP contribution in [0.15, 0.2) is 24.3 Å². The van der Waals surface area contributed by atoms with Gasteiger partial charge in [-0.1, -0.05) is 0 Å². The Kier molecular flexibility index (Phi) is 2.25. The first-order valence-corrected chi connectivity index (χ1v) is 7.14. The Hall–Kier alpha value is -1.77. The van der Waals surface area contributed by atoms with Crippen molar-refractivity contribution in [3.05, 3.63) is 30.0 Å². The lowest BCUT2D eigenvalue weighted by molar-refractivity contribution is 0.554. The third-order valence-corrected chi connectivity index (χ3v) is 4.66. The average Bonchev–Trinajstić information content (AvgIpc) is 3.00. The van der Waals surface area contributed by atoms with Crippen molar-refractivity contribution >= 4 is 22.3 Å². The molecule has 0 amide bonds. The highest BCUT2D eigenvalue weighted by molar-refractivity contribution is 5.94. The minimum absolute atomic E-state index is 0.733. The minimum Gasteiger partial charge on any atom is -0.399 e. The number of nitrogens with zero attached hydrogens (tertiary/aromatic N) is 2. The molecule has 2 bridgehead atoms. The highest BCUT2D eigenvalue weighted by atomic mass is 15.2. The fraction of sp³-hybridized carbons (Fsp3) is 0.438. The summed E-state index contributed by atoms with van der Waals surface area (Å²) in [5.74, 6) is 0.898. The fourth-order valence-corrected chi connectivity index (χ4v) is 3.81. The van der Waals surface area contributed by atoms with Crippen molar-refractivity contribution < 1.29 is 0 Å². The maximum absolute atomic E-state index is 5.96. The predicted octanol–water partition coefficient (Wildman–Crippen LogP) is 3.11. The molecule has 1 aliphatic heterocycles. The summed E-state index contributed by atoms with van der Waals surface area (Å²) in [5, 5.41) is 1.21. The molecule has 1 aromatic carbocycles. The van der Waals surface area contributed by atoms with Crippen molar-refractivity contribution in [1.82, 2.24) is 4.98 Å². The van der Waals surface area contributed by atoms with Gasteiger partial charge in [0.1, 0.15) is 0 Å². The van der Waals surface area contributed by atoms with Gasteiger partial charge in [0.25, 0.3) is 0 Å². The van der Waals surface area contributed by atoms with E-state index in [1.165, 1.54) is 36.9 Å². The number of rotatable bonds is 1. The number of nitrogen functional groups attached to an aromatic ring is 1. The van der Waals surface area contributed by atoms with E-state index in [0.717, 1.165) is 28.9 Å². The fourth-order valence-electron chi connectivity index (χ4n) is 3.81. The summed E-state index contributed by atoms with van der Waals surface area (Å²) in [4.78, 5) is 7.22. The Morgan fingerprint density at radius 3 is 2.89 bits per heavy atom. The molecule has 19 heavy (non-hydrogen) atoms. The molecule has 2 heterocycles. The molecule has 2 fully saturated rings. The molecule has 2 aromatic rings. The molecule has 3 heteroatoms. The SMILES string of the molecule is Cc1cc(N2CC3CCC2C3)c2cc(N)ccc2n1. The standard InChI is InChI=1S/C16H19N3/c1-10-6-16(19-9-11-2-4-13(19)7-11)14-8-12(17)3-5-15(14)18-10/h3,5-6,8,11,13H,2,4,7,9,17H2,1H3. The van der Waals surface area contributed by atoms with Crippen LogP contribution in [0.4, 0.5) is 11.4 Å². The van der Waals surface area contributed by atoms with Gasteiger partial charge in [-0.05, 0) is 56.4 Å². The Balaban J connectivity index is 1.90. The Bertz CT molecular complexity index is 650. The zero-order chi connectivity index (χ0) is 13.0. The van der Waals surface area contributed by atoms with Crippen LogP contribution in [0.25, 0.3) is 10.9 Å². The molecule has 4 rings (SSSR count). The zero-order valence-corrected chi connectivity index (χ0v) is 11.3. The van der Waals surface area contributed by atoms with Gasteiger partial charge < -0.3 is 10.6 Å². The second kappa shape index (κ2) is 3.86. The van der Waals surface area contributed by atoms with Gasteiger partial charge >= 0.3 is 0 Å². The van der Waals surface area contributed by atoms with Crippen molar-refractivity contribution in [2.75, 3.05) is 17.2 Å². The molecule has 1 saturated heterocycles. The number of benzene rings is 1. The Morgan fingerprint density at radius 2 is 2.16 bits per heavy atom. The number of hydrogen-bond acceptors (Lipinski definition) is 3. The number of anilines is 2.